The Kier molecular flexibility index (Phi) is 9.11. The number of ether oxygens (including phenoxy) is 2. The van der Waals surface area contributed by atoms with E-state index in [2.05, 4.69) is 71.5 Å². The Hall–Kier alpha value is -9.12. The average Bonchev–Trinajstić information content (AvgIpc) is 3.83. The zero-order chi connectivity index (χ0) is 43.3. The number of para-hydroxylation sites is 2. The van der Waals surface area contributed by atoms with Crippen molar-refractivity contribution in [1.82, 2.24) is 29.1 Å². The van der Waals surface area contributed by atoms with E-state index in [0.717, 1.165) is 77.5 Å². The van der Waals surface area contributed by atoms with Gasteiger partial charge in [0, 0.05) is 57.2 Å². The van der Waals surface area contributed by atoms with E-state index >= 15 is 0 Å². The summed E-state index contributed by atoms with van der Waals surface area (Å²) in [6.45, 7) is 4.10. The molecule has 0 atom stereocenters. The summed E-state index contributed by atoms with van der Waals surface area (Å²) in [7, 11) is 0. The van der Waals surface area contributed by atoms with Crippen molar-refractivity contribution in [2.24, 2.45) is 0 Å². The third-order valence-electron chi connectivity index (χ3n) is 11.5. The SMILES string of the molecule is Cc1ccnc(-n2c3ccccc3c3ccc(Oc4cc(-c5cnc(-c6ccc(C#N)c(Oc7ccc8c9ccccc9n(-c9cc(C)ccn9)c8c7)c6)cn5)ccc4C#N)cc32)c1. The number of benzene rings is 6. The van der Waals surface area contributed by atoms with Gasteiger partial charge in [-0.15, -0.1) is 0 Å². The predicted molar refractivity (Wildman–Crippen MR) is 249 cm³/mol. The van der Waals surface area contributed by atoms with E-state index in [9.17, 15) is 10.5 Å². The lowest BCUT2D eigenvalue weighted by Gasteiger charge is -2.12. The van der Waals surface area contributed by atoms with E-state index in [-0.39, 0.29) is 0 Å². The average molecular weight is 827 g/mol. The van der Waals surface area contributed by atoms with E-state index in [1.165, 1.54) is 0 Å². The van der Waals surface area contributed by atoms with Crippen LogP contribution in [-0.2, 0) is 0 Å². The van der Waals surface area contributed by atoms with Gasteiger partial charge in [-0.25, -0.2) is 9.97 Å². The molecule has 64 heavy (non-hydrogen) atoms. The van der Waals surface area contributed by atoms with Crippen LogP contribution in [0, 0.1) is 36.5 Å². The summed E-state index contributed by atoms with van der Waals surface area (Å²) in [5.41, 5.74) is 9.55. The predicted octanol–water partition coefficient (Wildman–Crippen LogP) is 12.7. The van der Waals surface area contributed by atoms with Crippen LogP contribution in [0.1, 0.15) is 22.3 Å². The number of hydrogen-bond acceptors (Lipinski definition) is 8. The van der Waals surface area contributed by atoms with E-state index in [4.69, 9.17) is 29.4 Å². The molecule has 10 nitrogen and oxygen atoms in total. The standard InChI is InChI=1S/C54H34N8O2/c1-33-19-21-57-53(23-33)61-47-9-5-3-7-41(47)43-17-15-39(27-49(43)61)63-51-25-35(11-13-37(51)29-55)45-31-60-46(32-59-45)36-12-14-38(30-56)52(26-36)64-40-16-18-44-42-8-4-6-10-48(42)62(50(44)28-40)54-24-34(2)20-22-58-54/h3-28,31-32H,1-2H3. The monoisotopic (exact) mass is 826 g/mol. The van der Waals surface area contributed by atoms with Crippen molar-refractivity contribution in [2.75, 3.05) is 0 Å². The summed E-state index contributed by atoms with van der Waals surface area (Å²) in [4.78, 5) is 18.9. The highest BCUT2D eigenvalue weighted by atomic mass is 16.5. The lowest BCUT2D eigenvalue weighted by Crippen LogP contribution is -1.98. The number of aromatic nitrogens is 6. The largest absolute Gasteiger partial charge is 0.456 e. The molecule has 0 radical (unpaired) electrons. The normalized spacial score (nSPS) is 11.2. The van der Waals surface area contributed by atoms with Crippen LogP contribution >= 0.6 is 0 Å². The first-order chi connectivity index (χ1) is 31.4. The molecule has 0 aliphatic rings. The second kappa shape index (κ2) is 15.4. The van der Waals surface area contributed by atoms with E-state index in [0.29, 0.717) is 45.5 Å². The van der Waals surface area contributed by atoms with Gasteiger partial charge in [0.05, 0.1) is 57.0 Å². The Labute approximate surface area is 367 Å². The fraction of sp³-hybridized carbons (Fsp3) is 0.0370. The summed E-state index contributed by atoms with van der Waals surface area (Å²) in [5, 5.41) is 24.5. The Balaban J connectivity index is 0.893. The molecule has 302 valence electrons. The Morgan fingerprint density at radius 2 is 0.875 bits per heavy atom. The quantitative estimate of drug-likeness (QED) is 0.148. The summed E-state index contributed by atoms with van der Waals surface area (Å²) >= 11 is 0. The summed E-state index contributed by atoms with van der Waals surface area (Å²) < 4.78 is 17.2. The number of rotatable bonds is 8. The van der Waals surface area contributed by atoms with Gasteiger partial charge in [-0.3, -0.25) is 19.1 Å². The topological polar surface area (TPSA) is 127 Å². The molecule has 10 heteroatoms. The lowest BCUT2D eigenvalue weighted by atomic mass is 10.1. The molecule has 0 spiro atoms. The van der Waals surface area contributed by atoms with E-state index in [1.807, 2.05) is 109 Å². The zero-order valence-corrected chi connectivity index (χ0v) is 34.6. The van der Waals surface area contributed by atoms with Crippen LogP contribution < -0.4 is 9.47 Å². The highest BCUT2D eigenvalue weighted by molar-refractivity contribution is 6.10. The van der Waals surface area contributed by atoms with Gasteiger partial charge in [-0.2, -0.15) is 10.5 Å². The maximum absolute atomic E-state index is 10.1. The van der Waals surface area contributed by atoms with Crippen molar-refractivity contribution >= 4 is 43.6 Å². The van der Waals surface area contributed by atoms with Crippen molar-refractivity contribution in [3.05, 3.63) is 193 Å². The van der Waals surface area contributed by atoms with Crippen LogP contribution in [0.2, 0.25) is 0 Å². The molecule has 11 aromatic rings. The molecule has 0 N–H and O–H groups in total. The first-order valence-corrected chi connectivity index (χ1v) is 20.6. The van der Waals surface area contributed by atoms with Gasteiger partial charge in [0.2, 0.25) is 0 Å². The minimum atomic E-state index is 0.381. The zero-order valence-electron chi connectivity index (χ0n) is 34.6. The van der Waals surface area contributed by atoms with Crippen molar-refractivity contribution in [3.63, 3.8) is 0 Å². The molecule has 5 aromatic heterocycles. The number of pyridine rings is 2. The molecule has 0 unspecified atom stereocenters. The molecule has 0 aliphatic heterocycles. The van der Waals surface area contributed by atoms with Gasteiger partial charge in [-0.05, 0) is 110 Å². The fourth-order valence-corrected chi connectivity index (χ4v) is 8.40. The van der Waals surface area contributed by atoms with Crippen LogP contribution in [0.5, 0.6) is 23.0 Å². The van der Waals surface area contributed by atoms with Gasteiger partial charge in [0.1, 0.15) is 46.8 Å². The minimum Gasteiger partial charge on any atom is -0.456 e. The van der Waals surface area contributed by atoms with Crippen molar-refractivity contribution in [3.8, 4) is 69.3 Å². The molecule has 0 saturated heterocycles. The third kappa shape index (κ3) is 6.60. The Morgan fingerprint density at radius 3 is 1.30 bits per heavy atom. The molecular formula is C54H34N8O2. The Morgan fingerprint density at radius 1 is 0.438 bits per heavy atom. The Bertz CT molecular complexity index is 3500. The van der Waals surface area contributed by atoms with Gasteiger partial charge < -0.3 is 9.47 Å². The fourth-order valence-electron chi connectivity index (χ4n) is 8.40. The van der Waals surface area contributed by atoms with Crippen LogP contribution in [0.4, 0.5) is 0 Å². The van der Waals surface area contributed by atoms with Gasteiger partial charge in [0.15, 0.2) is 0 Å². The first kappa shape index (κ1) is 37.8. The highest BCUT2D eigenvalue weighted by Gasteiger charge is 2.18. The molecule has 11 rings (SSSR count). The van der Waals surface area contributed by atoms with Gasteiger partial charge >= 0.3 is 0 Å². The maximum atomic E-state index is 10.1. The first-order valence-electron chi connectivity index (χ1n) is 20.6. The summed E-state index contributed by atoms with van der Waals surface area (Å²) in [5.74, 6) is 3.55. The molecule has 0 saturated carbocycles. The number of fused-ring (bicyclic) bond motifs is 6. The third-order valence-corrected chi connectivity index (χ3v) is 11.5. The molecular weight excluding hydrogens is 793 g/mol. The minimum absolute atomic E-state index is 0.381. The number of hydrogen-bond donors (Lipinski definition) is 0. The second-order valence-corrected chi connectivity index (χ2v) is 15.6. The molecule has 0 bridgehead atoms. The van der Waals surface area contributed by atoms with Crippen molar-refractivity contribution in [1.29, 1.82) is 10.5 Å². The molecule has 0 amide bonds. The van der Waals surface area contributed by atoms with Crippen LogP contribution in [0.15, 0.2) is 170 Å². The highest BCUT2D eigenvalue weighted by Crippen LogP contribution is 2.39. The van der Waals surface area contributed by atoms with Crippen LogP contribution in [0.25, 0.3) is 77.8 Å². The maximum Gasteiger partial charge on any atom is 0.145 e. The number of nitrogens with zero attached hydrogens (tertiary/aromatic N) is 8. The summed E-state index contributed by atoms with van der Waals surface area (Å²) in [6, 6.07) is 51.7. The molecule has 6 aromatic carbocycles. The van der Waals surface area contributed by atoms with Crippen LogP contribution in [0.3, 0.4) is 0 Å². The van der Waals surface area contributed by atoms with Gasteiger partial charge in [-0.1, -0.05) is 48.5 Å². The molecule has 0 aliphatic carbocycles. The van der Waals surface area contributed by atoms with E-state index in [1.54, 1.807) is 24.5 Å². The lowest BCUT2D eigenvalue weighted by molar-refractivity contribution is 0.481. The smallest absolute Gasteiger partial charge is 0.145 e. The molecule has 0 fully saturated rings. The molecule has 5 heterocycles. The second-order valence-electron chi connectivity index (χ2n) is 15.6. The van der Waals surface area contributed by atoms with Crippen molar-refractivity contribution in [2.45, 2.75) is 13.8 Å². The van der Waals surface area contributed by atoms with E-state index < -0.39 is 0 Å². The number of nitriles is 2. The van der Waals surface area contributed by atoms with Crippen LogP contribution in [-0.4, -0.2) is 29.1 Å². The number of aryl methyl sites for hydroxylation is 2. The summed E-state index contributed by atoms with van der Waals surface area (Å²) in [6.07, 6.45) is 7.00. The van der Waals surface area contributed by atoms with Crippen molar-refractivity contribution < 1.29 is 9.47 Å². The van der Waals surface area contributed by atoms with Gasteiger partial charge in [0.25, 0.3) is 0 Å².